The van der Waals surface area contributed by atoms with Gasteiger partial charge in [0, 0.05) is 18.0 Å². The minimum atomic E-state index is -0.501. The van der Waals surface area contributed by atoms with Crippen molar-refractivity contribution >= 4 is 22.2 Å². The molecule has 124 valence electrons. The molecule has 3 aromatic rings. The van der Waals surface area contributed by atoms with Gasteiger partial charge >= 0.3 is 0 Å². The molecule has 0 aliphatic heterocycles. The van der Waals surface area contributed by atoms with Crippen molar-refractivity contribution in [2.45, 2.75) is 19.3 Å². The van der Waals surface area contributed by atoms with E-state index in [0.717, 1.165) is 38.9 Å². The number of hydrogen-bond donors (Lipinski definition) is 1. The summed E-state index contributed by atoms with van der Waals surface area (Å²) in [7, 11) is 1.89. The molecule has 0 unspecified atom stereocenters. The van der Waals surface area contributed by atoms with Crippen LogP contribution in [0.1, 0.15) is 30.5 Å². The molecule has 0 spiro atoms. The number of hydrogen-bond acceptors (Lipinski definition) is 3. The molecule has 0 amide bonds. The minimum Gasteiger partial charge on any atom is -0.386 e. The summed E-state index contributed by atoms with van der Waals surface area (Å²) in [5, 5.41) is 13.6. The van der Waals surface area contributed by atoms with Crippen molar-refractivity contribution in [3.8, 4) is 6.07 Å². The fourth-order valence-corrected chi connectivity index (χ4v) is 2.95. The monoisotopic (exact) mass is 327 g/mol. The molecule has 0 saturated carbocycles. The fraction of sp³-hybridized carbons (Fsp3) is 0.182. The van der Waals surface area contributed by atoms with Crippen molar-refractivity contribution in [2.75, 3.05) is 12.4 Å². The van der Waals surface area contributed by atoms with Gasteiger partial charge in [0.2, 0.25) is 0 Å². The van der Waals surface area contributed by atoms with Gasteiger partial charge in [-0.15, -0.1) is 0 Å². The average molecular weight is 327 g/mol. The van der Waals surface area contributed by atoms with Gasteiger partial charge < -0.3 is 5.32 Å². The highest BCUT2D eigenvalue weighted by Crippen LogP contribution is 2.34. The van der Waals surface area contributed by atoms with Crippen LogP contribution < -0.4 is 5.32 Å². The lowest BCUT2D eigenvalue weighted by atomic mass is 9.85. The number of anilines is 1. The molecule has 1 N–H and O–H groups in total. The third kappa shape index (κ3) is 2.99. The van der Waals surface area contributed by atoms with Crippen molar-refractivity contribution in [2.24, 2.45) is 0 Å². The molecule has 0 aliphatic rings. The van der Waals surface area contributed by atoms with Gasteiger partial charge in [0.1, 0.15) is 0 Å². The highest BCUT2D eigenvalue weighted by Gasteiger charge is 2.20. The molecule has 0 fully saturated rings. The minimum absolute atomic E-state index is 0.501. The van der Waals surface area contributed by atoms with Gasteiger partial charge in [-0.3, -0.25) is 4.98 Å². The first-order valence-corrected chi connectivity index (χ1v) is 8.25. The smallest absolute Gasteiger partial charge is 0.0766 e. The largest absolute Gasteiger partial charge is 0.386 e. The number of para-hydroxylation sites is 1. The van der Waals surface area contributed by atoms with Crippen molar-refractivity contribution in [1.82, 2.24) is 4.98 Å². The molecule has 1 heterocycles. The maximum Gasteiger partial charge on any atom is 0.0766 e. The molecule has 0 saturated heterocycles. The lowest BCUT2D eigenvalue weighted by Crippen LogP contribution is -2.13. The van der Waals surface area contributed by atoms with Crippen LogP contribution in [0.5, 0.6) is 0 Å². The Hall–Kier alpha value is -3.12. The van der Waals surface area contributed by atoms with E-state index in [9.17, 15) is 5.26 Å². The van der Waals surface area contributed by atoms with Gasteiger partial charge in [-0.2, -0.15) is 5.26 Å². The Morgan fingerprint density at radius 2 is 1.80 bits per heavy atom. The predicted octanol–water partition coefficient (Wildman–Crippen LogP) is 5.14. The van der Waals surface area contributed by atoms with E-state index in [2.05, 4.69) is 29.0 Å². The van der Waals surface area contributed by atoms with Crippen LogP contribution in [-0.4, -0.2) is 12.0 Å². The molecule has 2 aromatic carbocycles. The van der Waals surface area contributed by atoms with Crippen molar-refractivity contribution in [3.63, 3.8) is 0 Å². The Labute approximate surface area is 148 Å². The molecule has 25 heavy (non-hydrogen) atoms. The number of nitrogens with zero attached hydrogens (tertiary/aromatic N) is 2. The van der Waals surface area contributed by atoms with Gasteiger partial charge in [0.15, 0.2) is 0 Å². The van der Waals surface area contributed by atoms with E-state index in [1.807, 2.05) is 69.6 Å². The van der Waals surface area contributed by atoms with E-state index in [1.54, 1.807) is 0 Å². The Morgan fingerprint density at radius 3 is 2.44 bits per heavy atom. The molecule has 0 radical (unpaired) electrons. The zero-order chi connectivity index (χ0) is 18.0. The highest BCUT2D eigenvalue weighted by atomic mass is 14.9. The number of benzene rings is 2. The van der Waals surface area contributed by atoms with E-state index in [4.69, 9.17) is 0 Å². The number of nitriles is 1. The van der Waals surface area contributed by atoms with Gasteiger partial charge in [0.05, 0.1) is 28.9 Å². The van der Waals surface area contributed by atoms with Crippen molar-refractivity contribution in [1.29, 1.82) is 5.26 Å². The molecule has 3 nitrogen and oxygen atoms in total. The lowest BCUT2D eigenvalue weighted by molar-refractivity contribution is 0.687. The topological polar surface area (TPSA) is 48.7 Å². The standard InChI is InChI=1S/C22H21N3/c1-15(16-9-11-17(12-10-16)22(2,3)14-23)21-18-7-5-6-8-19(18)25-13-20(21)24-4/h5-13,24H,1H2,2-4H3. The summed E-state index contributed by atoms with van der Waals surface area (Å²) in [5.74, 6) is 0. The van der Waals surface area contributed by atoms with Crippen LogP contribution in [0, 0.1) is 11.3 Å². The SMILES string of the molecule is C=C(c1ccc(C(C)(C)C#N)cc1)c1c(NC)cnc2ccccc12. The van der Waals surface area contributed by atoms with Gasteiger partial charge in [-0.1, -0.05) is 49.0 Å². The zero-order valence-electron chi connectivity index (χ0n) is 14.8. The third-order valence-electron chi connectivity index (χ3n) is 4.58. The maximum atomic E-state index is 9.31. The Kier molecular flexibility index (Phi) is 4.29. The summed E-state index contributed by atoms with van der Waals surface area (Å²) in [5.41, 5.74) is 5.42. The average Bonchev–Trinajstić information content (AvgIpc) is 2.66. The van der Waals surface area contributed by atoms with E-state index in [-0.39, 0.29) is 0 Å². The van der Waals surface area contributed by atoms with Crippen LogP contribution in [0.4, 0.5) is 5.69 Å². The molecule has 0 atom stereocenters. The number of rotatable bonds is 4. The number of aromatic nitrogens is 1. The normalized spacial score (nSPS) is 11.1. The van der Waals surface area contributed by atoms with E-state index in [1.165, 1.54) is 0 Å². The van der Waals surface area contributed by atoms with E-state index < -0.39 is 5.41 Å². The first kappa shape index (κ1) is 16.7. The quantitative estimate of drug-likeness (QED) is 0.722. The lowest BCUT2D eigenvalue weighted by Gasteiger charge is -2.18. The summed E-state index contributed by atoms with van der Waals surface area (Å²) in [4.78, 5) is 4.51. The molecule has 0 bridgehead atoms. The fourth-order valence-electron chi connectivity index (χ4n) is 2.95. The van der Waals surface area contributed by atoms with Crippen LogP contribution in [0.2, 0.25) is 0 Å². The second kappa shape index (κ2) is 6.41. The number of fused-ring (bicyclic) bond motifs is 1. The summed E-state index contributed by atoms with van der Waals surface area (Å²) in [6, 6.07) is 18.5. The summed E-state index contributed by atoms with van der Waals surface area (Å²) < 4.78 is 0. The van der Waals surface area contributed by atoms with Crippen LogP contribution >= 0.6 is 0 Å². The van der Waals surface area contributed by atoms with Crippen molar-refractivity contribution < 1.29 is 0 Å². The maximum absolute atomic E-state index is 9.31. The second-order valence-electron chi connectivity index (χ2n) is 6.61. The molecule has 0 aliphatic carbocycles. The highest BCUT2D eigenvalue weighted by molar-refractivity contribution is 6.00. The van der Waals surface area contributed by atoms with Crippen LogP contribution in [0.3, 0.4) is 0 Å². The first-order chi connectivity index (χ1) is 12.0. The van der Waals surface area contributed by atoms with Crippen LogP contribution in [0.25, 0.3) is 16.5 Å². The second-order valence-corrected chi connectivity index (χ2v) is 6.61. The molecule has 3 rings (SSSR count). The Balaban J connectivity index is 2.10. The third-order valence-corrected chi connectivity index (χ3v) is 4.58. The predicted molar refractivity (Wildman–Crippen MR) is 105 cm³/mol. The molecule has 3 heteroatoms. The summed E-state index contributed by atoms with van der Waals surface area (Å²) in [6.45, 7) is 8.18. The Morgan fingerprint density at radius 1 is 1.12 bits per heavy atom. The first-order valence-electron chi connectivity index (χ1n) is 8.25. The van der Waals surface area contributed by atoms with E-state index in [0.29, 0.717) is 0 Å². The summed E-state index contributed by atoms with van der Waals surface area (Å²) >= 11 is 0. The van der Waals surface area contributed by atoms with Gasteiger partial charge in [-0.05, 0) is 36.6 Å². The zero-order valence-corrected chi connectivity index (χ0v) is 14.8. The molecular weight excluding hydrogens is 306 g/mol. The Bertz CT molecular complexity index is 976. The molecule has 1 aromatic heterocycles. The number of nitrogens with one attached hydrogen (secondary N) is 1. The van der Waals surface area contributed by atoms with Gasteiger partial charge in [0.25, 0.3) is 0 Å². The van der Waals surface area contributed by atoms with Crippen LogP contribution in [-0.2, 0) is 5.41 Å². The van der Waals surface area contributed by atoms with Crippen molar-refractivity contribution in [3.05, 3.63) is 78.0 Å². The van der Waals surface area contributed by atoms with Gasteiger partial charge in [-0.25, -0.2) is 0 Å². The summed E-state index contributed by atoms with van der Waals surface area (Å²) in [6.07, 6.45) is 1.84. The van der Waals surface area contributed by atoms with Crippen LogP contribution in [0.15, 0.2) is 61.3 Å². The number of pyridine rings is 1. The van der Waals surface area contributed by atoms with E-state index >= 15 is 0 Å². The molecular formula is C22H21N3.